The van der Waals surface area contributed by atoms with Crippen molar-refractivity contribution in [2.24, 2.45) is 5.10 Å². The summed E-state index contributed by atoms with van der Waals surface area (Å²) in [7, 11) is 1.61. The van der Waals surface area contributed by atoms with Crippen LogP contribution in [0.3, 0.4) is 0 Å². The molecule has 1 heterocycles. The summed E-state index contributed by atoms with van der Waals surface area (Å²) in [5, 5.41) is 12.9. The first-order valence-corrected chi connectivity index (χ1v) is 6.78. The number of hydrogen-bond donors (Lipinski definition) is 3. The molecule has 0 amide bonds. The van der Waals surface area contributed by atoms with Gasteiger partial charge in [-0.15, -0.1) is 0 Å². The van der Waals surface area contributed by atoms with E-state index in [9.17, 15) is 4.79 Å². The number of aliphatic hydroxyl groups excluding tert-OH is 1. The van der Waals surface area contributed by atoms with Crippen molar-refractivity contribution in [3.8, 4) is 5.75 Å². The monoisotopic (exact) mass is 302 g/mol. The Hall–Kier alpha value is -2.67. The van der Waals surface area contributed by atoms with Crippen molar-refractivity contribution in [3.63, 3.8) is 0 Å². The van der Waals surface area contributed by atoms with Gasteiger partial charge >= 0.3 is 0 Å². The van der Waals surface area contributed by atoms with Crippen molar-refractivity contribution in [2.75, 3.05) is 19.1 Å². The van der Waals surface area contributed by atoms with E-state index in [-0.39, 0.29) is 24.5 Å². The van der Waals surface area contributed by atoms with Crippen LogP contribution >= 0.6 is 0 Å². The van der Waals surface area contributed by atoms with E-state index in [1.165, 1.54) is 0 Å². The number of hydrogen-bond acceptors (Lipinski definition) is 6. The van der Waals surface area contributed by atoms with E-state index in [2.05, 4.69) is 20.5 Å². The van der Waals surface area contributed by atoms with Gasteiger partial charge < -0.3 is 9.84 Å². The summed E-state index contributed by atoms with van der Waals surface area (Å²) >= 11 is 0. The Kier molecular flexibility index (Phi) is 5.26. The zero-order chi connectivity index (χ0) is 15.9. The maximum Gasteiger partial charge on any atom is 0.255 e. The second kappa shape index (κ2) is 7.37. The smallest absolute Gasteiger partial charge is 0.255 e. The molecular weight excluding hydrogens is 284 g/mol. The Labute approximate surface area is 127 Å². The first-order chi connectivity index (χ1) is 10.6. The number of ether oxygens (including phenoxy) is 1. The van der Waals surface area contributed by atoms with E-state index in [1.807, 2.05) is 24.3 Å². The third-order valence-electron chi connectivity index (χ3n) is 3.08. The highest BCUT2D eigenvalue weighted by molar-refractivity contribution is 5.80. The number of nitrogens with one attached hydrogen (secondary N) is 2. The minimum atomic E-state index is -0.274. The lowest BCUT2D eigenvalue weighted by Gasteiger charge is -2.05. The van der Waals surface area contributed by atoms with Gasteiger partial charge in [-0.05, 0) is 36.8 Å². The number of H-pyrrole nitrogens is 1. The molecule has 0 aliphatic heterocycles. The van der Waals surface area contributed by atoms with Crippen LogP contribution < -0.4 is 15.7 Å². The van der Waals surface area contributed by atoms with Crippen molar-refractivity contribution in [1.82, 2.24) is 9.97 Å². The third kappa shape index (κ3) is 3.92. The van der Waals surface area contributed by atoms with Crippen LogP contribution in [0.1, 0.15) is 16.8 Å². The van der Waals surface area contributed by atoms with Crippen molar-refractivity contribution in [2.45, 2.75) is 13.3 Å². The first kappa shape index (κ1) is 15.7. The van der Waals surface area contributed by atoms with Gasteiger partial charge in [-0.25, -0.2) is 10.4 Å². The fraction of sp³-hybridized carbons (Fsp3) is 0.267. The molecule has 0 aliphatic carbocycles. The predicted molar refractivity (Wildman–Crippen MR) is 84.6 cm³/mol. The van der Waals surface area contributed by atoms with Gasteiger partial charge in [0.15, 0.2) is 0 Å². The van der Waals surface area contributed by atoms with Crippen LogP contribution in [0.5, 0.6) is 5.75 Å². The maximum atomic E-state index is 11.8. The zero-order valence-corrected chi connectivity index (χ0v) is 12.5. The molecule has 0 spiro atoms. The lowest BCUT2D eigenvalue weighted by atomic mass is 10.2. The van der Waals surface area contributed by atoms with E-state index in [1.54, 1.807) is 20.2 Å². The summed E-state index contributed by atoms with van der Waals surface area (Å²) in [5.74, 6) is 1.03. The molecule has 0 radical (unpaired) electrons. The molecule has 2 aromatic rings. The zero-order valence-electron chi connectivity index (χ0n) is 12.5. The number of aryl methyl sites for hydroxylation is 1. The standard InChI is InChI=1S/C15H18N4O3/c1-10-13(7-8-20)14(21)18-15(17-10)19-16-9-11-3-5-12(22-2)6-4-11/h3-6,9,20H,7-8H2,1-2H3,(H2,17,18,19,21)/b16-9-. The van der Waals surface area contributed by atoms with Crippen molar-refractivity contribution < 1.29 is 9.84 Å². The highest BCUT2D eigenvalue weighted by Crippen LogP contribution is 2.10. The molecule has 0 fully saturated rings. The lowest BCUT2D eigenvalue weighted by molar-refractivity contribution is 0.298. The number of benzene rings is 1. The lowest BCUT2D eigenvalue weighted by Crippen LogP contribution is -2.19. The second-order valence-electron chi connectivity index (χ2n) is 4.60. The van der Waals surface area contributed by atoms with Gasteiger partial charge in [0.25, 0.3) is 5.56 Å². The Balaban J connectivity index is 2.07. The number of methoxy groups -OCH3 is 1. The number of aliphatic hydroxyl groups is 1. The molecule has 7 heteroatoms. The minimum absolute atomic E-state index is 0.0893. The van der Waals surface area contributed by atoms with Crippen LogP contribution in [0.25, 0.3) is 0 Å². The number of aromatic amines is 1. The highest BCUT2D eigenvalue weighted by Gasteiger charge is 2.06. The van der Waals surface area contributed by atoms with Gasteiger partial charge in [0.2, 0.25) is 5.95 Å². The van der Waals surface area contributed by atoms with E-state index < -0.39 is 0 Å². The Morgan fingerprint density at radius 3 is 2.73 bits per heavy atom. The second-order valence-corrected chi connectivity index (χ2v) is 4.60. The van der Waals surface area contributed by atoms with Gasteiger partial charge in [-0.3, -0.25) is 9.78 Å². The molecule has 1 aromatic carbocycles. The van der Waals surface area contributed by atoms with Crippen LogP contribution in [0.15, 0.2) is 34.2 Å². The highest BCUT2D eigenvalue weighted by atomic mass is 16.5. The third-order valence-corrected chi connectivity index (χ3v) is 3.08. The largest absolute Gasteiger partial charge is 0.497 e. The van der Waals surface area contributed by atoms with Crippen LogP contribution in [0.2, 0.25) is 0 Å². The molecular formula is C15H18N4O3. The summed E-state index contributed by atoms with van der Waals surface area (Å²) in [5.41, 5.74) is 4.33. The van der Waals surface area contributed by atoms with Gasteiger partial charge in [-0.2, -0.15) is 5.10 Å². The van der Waals surface area contributed by atoms with Crippen LogP contribution in [-0.4, -0.2) is 35.0 Å². The fourth-order valence-electron chi connectivity index (χ4n) is 1.93. The molecule has 3 N–H and O–H groups in total. The van der Waals surface area contributed by atoms with E-state index in [0.29, 0.717) is 11.3 Å². The molecule has 22 heavy (non-hydrogen) atoms. The molecule has 0 unspecified atom stereocenters. The van der Waals surface area contributed by atoms with Gasteiger partial charge in [-0.1, -0.05) is 0 Å². The topological polar surface area (TPSA) is 99.6 Å². The molecule has 1 aromatic heterocycles. The predicted octanol–water partition coefficient (Wildman–Crippen LogP) is 1.07. The minimum Gasteiger partial charge on any atom is -0.497 e. The summed E-state index contributed by atoms with van der Waals surface area (Å²) in [6.45, 7) is 1.63. The Morgan fingerprint density at radius 1 is 1.41 bits per heavy atom. The quantitative estimate of drug-likeness (QED) is 0.547. The molecule has 0 saturated carbocycles. The van der Waals surface area contributed by atoms with Gasteiger partial charge in [0.1, 0.15) is 5.75 Å². The number of rotatable bonds is 6. The summed E-state index contributed by atoms with van der Waals surface area (Å²) in [6.07, 6.45) is 1.89. The molecule has 7 nitrogen and oxygen atoms in total. The molecule has 0 saturated heterocycles. The van der Waals surface area contributed by atoms with E-state index in [4.69, 9.17) is 9.84 Å². The summed E-state index contributed by atoms with van der Waals surface area (Å²) in [4.78, 5) is 18.6. The first-order valence-electron chi connectivity index (χ1n) is 6.78. The van der Waals surface area contributed by atoms with Crippen LogP contribution in [0.4, 0.5) is 5.95 Å². The molecule has 2 rings (SSSR count). The van der Waals surface area contributed by atoms with Crippen molar-refractivity contribution in [1.29, 1.82) is 0 Å². The van der Waals surface area contributed by atoms with Crippen molar-refractivity contribution >= 4 is 12.2 Å². The molecule has 0 bridgehead atoms. The molecule has 0 aliphatic rings. The molecule has 0 atom stereocenters. The van der Waals surface area contributed by atoms with Crippen LogP contribution in [0, 0.1) is 6.92 Å². The summed E-state index contributed by atoms with van der Waals surface area (Å²) < 4.78 is 5.07. The SMILES string of the molecule is COc1ccc(/C=N\Nc2nc(C)c(CCO)c(=O)[nH]2)cc1. The summed E-state index contributed by atoms with van der Waals surface area (Å²) in [6, 6.07) is 7.37. The van der Waals surface area contributed by atoms with Crippen LogP contribution in [-0.2, 0) is 6.42 Å². The van der Waals surface area contributed by atoms with E-state index in [0.717, 1.165) is 11.3 Å². The van der Waals surface area contributed by atoms with Gasteiger partial charge in [0.05, 0.1) is 19.0 Å². The fourth-order valence-corrected chi connectivity index (χ4v) is 1.93. The molecule has 116 valence electrons. The number of hydrazone groups is 1. The Bertz CT molecular complexity index is 708. The average Bonchev–Trinajstić information content (AvgIpc) is 2.51. The number of anilines is 1. The number of aromatic nitrogens is 2. The Morgan fingerprint density at radius 2 is 2.14 bits per heavy atom. The van der Waals surface area contributed by atoms with Gasteiger partial charge in [0, 0.05) is 18.6 Å². The maximum absolute atomic E-state index is 11.8. The average molecular weight is 302 g/mol. The normalized spacial score (nSPS) is 10.9. The number of nitrogens with zero attached hydrogens (tertiary/aromatic N) is 2. The van der Waals surface area contributed by atoms with Crippen molar-refractivity contribution in [3.05, 3.63) is 51.4 Å². The van der Waals surface area contributed by atoms with E-state index >= 15 is 0 Å².